The number of nitrogens with one attached hydrogen (secondary N) is 1. The first-order valence-electron chi connectivity index (χ1n) is 11.1. The van der Waals surface area contributed by atoms with Gasteiger partial charge < -0.3 is 10.2 Å². The summed E-state index contributed by atoms with van der Waals surface area (Å²) in [5.74, 6) is 2.77. The van der Waals surface area contributed by atoms with Crippen molar-refractivity contribution >= 4 is 23.2 Å². The summed E-state index contributed by atoms with van der Waals surface area (Å²) < 4.78 is 0. The van der Waals surface area contributed by atoms with Crippen molar-refractivity contribution < 1.29 is 4.79 Å². The van der Waals surface area contributed by atoms with Crippen molar-refractivity contribution in [3.63, 3.8) is 0 Å². The number of nitrogens with zero attached hydrogens (tertiary/aromatic N) is 2. The zero-order chi connectivity index (χ0) is 19.1. The van der Waals surface area contributed by atoms with Crippen LogP contribution in [0.25, 0.3) is 0 Å². The summed E-state index contributed by atoms with van der Waals surface area (Å²) in [5, 5.41) is 4.12. The van der Waals surface area contributed by atoms with Crippen molar-refractivity contribution in [2.75, 3.05) is 44.2 Å². The van der Waals surface area contributed by atoms with E-state index in [-0.39, 0.29) is 5.41 Å². The van der Waals surface area contributed by atoms with Gasteiger partial charge in [0.1, 0.15) is 0 Å². The second-order valence-electron chi connectivity index (χ2n) is 9.62. The van der Waals surface area contributed by atoms with E-state index in [2.05, 4.69) is 27.2 Å². The Labute approximate surface area is 173 Å². The van der Waals surface area contributed by atoms with Crippen molar-refractivity contribution in [1.82, 2.24) is 10.2 Å². The molecule has 5 aliphatic rings. The first kappa shape index (κ1) is 18.7. The van der Waals surface area contributed by atoms with Gasteiger partial charge in [-0.25, -0.2) is 0 Å². The molecule has 1 aromatic rings. The molecule has 5 fully saturated rings. The van der Waals surface area contributed by atoms with Gasteiger partial charge in [-0.05, 0) is 81.0 Å². The van der Waals surface area contributed by atoms with Crippen LogP contribution in [0.3, 0.4) is 0 Å². The van der Waals surface area contributed by atoms with Gasteiger partial charge >= 0.3 is 0 Å². The van der Waals surface area contributed by atoms with E-state index >= 15 is 0 Å². The first-order chi connectivity index (χ1) is 13.6. The average molecular weight is 402 g/mol. The van der Waals surface area contributed by atoms with Gasteiger partial charge in [0.15, 0.2) is 0 Å². The van der Waals surface area contributed by atoms with E-state index in [0.717, 1.165) is 62.5 Å². The quantitative estimate of drug-likeness (QED) is 0.736. The number of benzene rings is 1. The minimum Gasteiger partial charge on any atom is -0.369 e. The fourth-order valence-corrected chi connectivity index (χ4v) is 6.93. The maximum absolute atomic E-state index is 13.0. The van der Waals surface area contributed by atoms with Crippen LogP contribution in [0.1, 0.15) is 38.5 Å². The van der Waals surface area contributed by atoms with E-state index in [1.807, 2.05) is 12.1 Å². The van der Waals surface area contributed by atoms with Crippen LogP contribution < -0.4 is 10.2 Å². The molecule has 1 aliphatic heterocycles. The number of piperazine rings is 1. The SMILES string of the molecule is O=C(NCCCN1CCN(c2cccc(Cl)c2)CC1)C12CC3CC1C[C@H](C3)C2. The molecule has 3 unspecified atom stereocenters. The molecule has 4 aliphatic carbocycles. The highest BCUT2D eigenvalue weighted by atomic mass is 35.5. The largest absolute Gasteiger partial charge is 0.369 e. The van der Waals surface area contributed by atoms with Crippen LogP contribution in [0.4, 0.5) is 5.69 Å². The maximum atomic E-state index is 13.0. The fourth-order valence-electron chi connectivity index (χ4n) is 6.75. The van der Waals surface area contributed by atoms with Gasteiger partial charge in [-0.3, -0.25) is 9.69 Å². The van der Waals surface area contributed by atoms with Crippen molar-refractivity contribution in [3.05, 3.63) is 29.3 Å². The zero-order valence-electron chi connectivity index (χ0n) is 16.7. The normalized spacial score (nSPS) is 34.2. The third kappa shape index (κ3) is 3.43. The molecule has 4 bridgehead atoms. The van der Waals surface area contributed by atoms with E-state index in [0.29, 0.717) is 11.8 Å². The van der Waals surface area contributed by atoms with Crippen molar-refractivity contribution in [2.45, 2.75) is 38.5 Å². The number of carbonyl (C=O) groups is 1. The van der Waals surface area contributed by atoms with Gasteiger partial charge in [0.05, 0.1) is 5.41 Å². The second-order valence-corrected chi connectivity index (χ2v) is 10.1. The second kappa shape index (κ2) is 7.53. The van der Waals surface area contributed by atoms with E-state index in [1.54, 1.807) is 0 Å². The molecule has 4 nitrogen and oxygen atoms in total. The van der Waals surface area contributed by atoms with Crippen molar-refractivity contribution in [3.8, 4) is 0 Å². The van der Waals surface area contributed by atoms with E-state index in [1.165, 1.54) is 37.8 Å². The standard InChI is InChI=1S/C23H32ClN3O/c24-20-3-1-4-21(14-20)27-9-7-26(8-10-27)6-2-5-25-22(28)23-15-17-11-18(16-23)13-19(23)12-17/h1,3-4,14,17-19H,2,5-13,15-16H2,(H,25,28)/t17-,18?,19?,23?/m0/s1. The lowest BCUT2D eigenvalue weighted by molar-refractivity contribution is -0.132. The summed E-state index contributed by atoms with van der Waals surface area (Å²) in [6.07, 6.45) is 7.43. The lowest BCUT2D eigenvalue weighted by atomic mass is 9.75. The number of amides is 1. The molecule has 1 aromatic carbocycles. The number of carbonyl (C=O) groups excluding carboxylic acids is 1. The van der Waals surface area contributed by atoms with Gasteiger partial charge in [-0.2, -0.15) is 0 Å². The molecule has 0 radical (unpaired) electrons. The minimum atomic E-state index is 0.0240. The average Bonchev–Trinajstić information content (AvgIpc) is 3.10. The summed E-state index contributed by atoms with van der Waals surface area (Å²) in [5.41, 5.74) is 1.25. The van der Waals surface area contributed by atoms with Crippen molar-refractivity contribution in [1.29, 1.82) is 0 Å². The predicted molar refractivity (Wildman–Crippen MR) is 114 cm³/mol. The molecule has 28 heavy (non-hydrogen) atoms. The molecular weight excluding hydrogens is 370 g/mol. The highest BCUT2D eigenvalue weighted by Gasteiger charge is 2.61. The Bertz CT molecular complexity index is 716. The topological polar surface area (TPSA) is 35.6 Å². The lowest BCUT2D eigenvalue weighted by Gasteiger charge is -2.36. The Morgan fingerprint density at radius 2 is 1.86 bits per heavy atom. The van der Waals surface area contributed by atoms with Gasteiger partial charge in [-0.1, -0.05) is 17.7 Å². The molecule has 6 rings (SSSR count). The van der Waals surface area contributed by atoms with Gasteiger partial charge in [-0.15, -0.1) is 0 Å². The highest BCUT2D eigenvalue weighted by Crippen LogP contribution is 2.65. The van der Waals surface area contributed by atoms with Crippen LogP contribution in [-0.4, -0.2) is 50.1 Å². The Hall–Kier alpha value is -1.26. The predicted octanol–water partition coefficient (Wildman–Crippen LogP) is 3.79. The Morgan fingerprint density at radius 1 is 1.11 bits per heavy atom. The fraction of sp³-hybridized carbons (Fsp3) is 0.696. The number of rotatable bonds is 6. The van der Waals surface area contributed by atoms with E-state index in [9.17, 15) is 4.79 Å². The van der Waals surface area contributed by atoms with Crippen LogP contribution >= 0.6 is 11.6 Å². The van der Waals surface area contributed by atoms with Crippen molar-refractivity contribution in [2.24, 2.45) is 23.2 Å². The van der Waals surface area contributed by atoms with Crippen LogP contribution in [0.15, 0.2) is 24.3 Å². The highest BCUT2D eigenvalue weighted by molar-refractivity contribution is 6.30. The molecule has 1 N–H and O–H groups in total. The molecule has 1 saturated heterocycles. The molecule has 1 amide bonds. The van der Waals surface area contributed by atoms with Crippen LogP contribution in [0, 0.1) is 23.2 Å². The molecule has 0 aromatic heterocycles. The first-order valence-corrected chi connectivity index (χ1v) is 11.5. The Morgan fingerprint density at radius 3 is 2.57 bits per heavy atom. The third-order valence-electron chi connectivity index (χ3n) is 7.92. The lowest BCUT2D eigenvalue weighted by Crippen LogP contribution is -2.47. The molecule has 152 valence electrons. The van der Waals surface area contributed by atoms with Gasteiger partial charge in [0, 0.05) is 43.4 Å². The Kier molecular flexibility index (Phi) is 5.04. The molecule has 4 atom stereocenters. The minimum absolute atomic E-state index is 0.0240. The number of halogens is 1. The van der Waals surface area contributed by atoms with Gasteiger partial charge in [0.2, 0.25) is 5.91 Å². The maximum Gasteiger partial charge on any atom is 0.226 e. The molecule has 5 heteroatoms. The van der Waals surface area contributed by atoms with Gasteiger partial charge in [0.25, 0.3) is 0 Å². The summed E-state index contributed by atoms with van der Waals surface area (Å²) in [7, 11) is 0. The number of hydrogen-bond acceptors (Lipinski definition) is 3. The third-order valence-corrected chi connectivity index (χ3v) is 8.16. The van der Waals surface area contributed by atoms with E-state index < -0.39 is 0 Å². The summed E-state index contributed by atoms with van der Waals surface area (Å²) in [6, 6.07) is 8.14. The van der Waals surface area contributed by atoms with Crippen LogP contribution in [-0.2, 0) is 4.79 Å². The molecule has 1 heterocycles. The number of anilines is 1. The van der Waals surface area contributed by atoms with Crippen LogP contribution in [0.2, 0.25) is 5.02 Å². The van der Waals surface area contributed by atoms with Crippen LogP contribution in [0.5, 0.6) is 0 Å². The molecule has 4 saturated carbocycles. The Balaban J connectivity index is 1.04. The van der Waals surface area contributed by atoms with E-state index in [4.69, 9.17) is 11.6 Å². The summed E-state index contributed by atoms with van der Waals surface area (Å²) in [6.45, 7) is 6.15. The smallest absolute Gasteiger partial charge is 0.226 e. The zero-order valence-corrected chi connectivity index (χ0v) is 17.5. The summed E-state index contributed by atoms with van der Waals surface area (Å²) >= 11 is 6.12. The number of hydrogen-bond donors (Lipinski definition) is 1. The molecular formula is C23H32ClN3O. The summed E-state index contributed by atoms with van der Waals surface area (Å²) in [4.78, 5) is 17.9. The monoisotopic (exact) mass is 401 g/mol. The molecule has 0 spiro atoms.